The van der Waals surface area contributed by atoms with Crippen LogP contribution >= 0.6 is 0 Å². The van der Waals surface area contributed by atoms with Gasteiger partial charge in [-0.05, 0) is 31.2 Å². The molecule has 0 saturated carbocycles. The predicted molar refractivity (Wildman–Crippen MR) is 50.3 cm³/mol. The van der Waals surface area contributed by atoms with E-state index < -0.39 is 0 Å². The van der Waals surface area contributed by atoms with E-state index in [1.54, 1.807) is 0 Å². The summed E-state index contributed by atoms with van der Waals surface area (Å²) in [6, 6.07) is 0.279. The molecule has 0 fully saturated rings. The Balaban J connectivity index is 3.83. The number of hydrogen-bond acceptors (Lipinski definition) is 2. The second-order valence-corrected chi connectivity index (χ2v) is 4.41. The highest BCUT2D eigenvalue weighted by Crippen LogP contribution is 2.24. The lowest BCUT2D eigenvalue weighted by Gasteiger charge is -2.28. The van der Waals surface area contributed by atoms with Crippen molar-refractivity contribution in [3.63, 3.8) is 0 Å². The molecule has 68 valence electrons. The van der Waals surface area contributed by atoms with Gasteiger partial charge in [0.25, 0.3) is 0 Å². The SMILES string of the molecule is CC(N)C(C)CC(C)(C)CN. The van der Waals surface area contributed by atoms with Crippen molar-refractivity contribution >= 4 is 0 Å². The highest BCUT2D eigenvalue weighted by Gasteiger charge is 2.20. The molecule has 0 aliphatic heterocycles. The van der Waals surface area contributed by atoms with Crippen molar-refractivity contribution in [2.75, 3.05) is 6.54 Å². The third kappa shape index (κ3) is 4.38. The van der Waals surface area contributed by atoms with Gasteiger partial charge in [-0.25, -0.2) is 0 Å². The Kier molecular flexibility index (Phi) is 4.04. The largest absolute Gasteiger partial charge is 0.330 e. The lowest BCUT2D eigenvalue weighted by molar-refractivity contribution is 0.266. The summed E-state index contributed by atoms with van der Waals surface area (Å²) >= 11 is 0. The van der Waals surface area contributed by atoms with Crippen molar-refractivity contribution < 1.29 is 0 Å². The summed E-state index contributed by atoms with van der Waals surface area (Å²) in [5, 5.41) is 0. The molecule has 2 heteroatoms. The van der Waals surface area contributed by atoms with E-state index in [1.165, 1.54) is 0 Å². The van der Waals surface area contributed by atoms with Crippen molar-refractivity contribution in [2.45, 2.75) is 40.2 Å². The Bertz CT molecular complexity index is 108. The first-order chi connectivity index (χ1) is 4.89. The Morgan fingerprint density at radius 3 is 2.00 bits per heavy atom. The minimum Gasteiger partial charge on any atom is -0.330 e. The molecule has 0 aromatic heterocycles. The molecule has 11 heavy (non-hydrogen) atoms. The zero-order valence-electron chi connectivity index (χ0n) is 8.22. The van der Waals surface area contributed by atoms with E-state index in [0.29, 0.717) is 5.92 Å². The van der Waals surface area contributed by atoms with Crippen LogP contribution in [-0.4, -0.2) is 12.6 Å². The standard InChI is InChI=1S/C9H22N2/c1-7(8(2)11)5-9(3,4)6-10/h7-8H,5-6,10-11H2,1-4H3. The summed E-state index contributed by atoms with van der Waals surface area (Å²) in [7, 11) is 0. The van der Waals surface area contributed by atoms with Gasteiger partial charge >= 0.3 is 0 Å². The number of rotatable bonds is 4. The molecule has 0 aliphatic rings. The van der Waals surface area contributed by atoms with Gasteiger partial charge in [-0.15, -0.1) is 0 Å². The third-order valence-electron chi connectivity index (χ3n) is 2.32. The molecule has 0 rings (SSSR count). The molecular weight excluding hydrogens is 136 g/mol. The van der Waals surface area contributed by atoms with Crippen LogP contribution in [0.2, 0.25) is 0 Å². The first-order valence-electron chi connectivity index (χ1n) is 4.34. The Morgan fingerprint density at radius 2 is 1.73 bits per heavy atom. The molecule has 0 aromatic carbocycles. The maximum Gasteiger partial charge on any atom is 0.00363 e. The normalized spacial score (nSPS) is 18.0. The second kappa shape index (κ2) is 4.07. The quantitative estimate of drug-likeness (QED) is 0.649. The summed E-state index contributed by atoms with van der Waals surface area (Å²) in [4.78, 5) is 0. The van der Waals surface area contributed by atoms with Gasteiger partial charge in [0.2, 0.25) is 0 Å². The Morgan fingerprint density at radius 1 is 1.27 bits per heavy atom. The number of hydrogen-bond donors (Lipinski definition) is 2. The molecule has 0 aliphatic carbocycles. The van der Waals surface area contributed by atoms with E-state index in [4.69, 9.17) is 11.5 Å². The van der Waals surface area contributed by atoms with Gasteiger partial charge < -0.3 is 11.5 Å². The molecule has 0 bridgehead atoms. The minimum atomic E-state index is 0.243. The average molecular weight is 158 g/mol. The van der Waals surface area contributed by atoms with Crippen LogP contribution in [0.4, 0.5) is 0 Å². The van der Waals surface area contributed by atoms with E-state index >= 15 is 0 Å². The predicted octanol–water partition coefficient (Wildman–Crippen LogP) is 1.34. The topological polar surface area (TPSA) is 52.0 Å². The highest BCUT2D eigenvalue weighted by atomic mass is 14.6. The molecule has 2 unspecified atom stereocenters. The monoisotopic (exact) mass is 158 g/mol. The Labute approximate surface area is 70.3 Å². The number of nitrogens with two attached hydrogens (primary N) is 2. The molecule has 2 nitrogen and oxygen atoms in total. The van der Waals surface area contributed by atoms with Crippen LogP contribution in [0.1, 0.15) is 34.1 Å². The molecule has 0 amide bonds. The fourth-order valence-electron chi connectivity index (χ4n) is 1.14. The summed E-state index contributed by atoms with van der Waals surface area (Å²) < 4.78 is 0. The maximum atomic E-state index is 5.76. The maximum absolute atomic E-state index is 5.76. The van der Waals surface area contributed by atoms with Crippen LogP contribution in [0.25, 0.3) is 0 Å². The molecular formula is C9H22N2. The highest BCUT2D eigenvalue weighted by molar-refractivity contribution is 4.75. The van der Waals surface area contributed by atoms with Crippen molar-refractivity contribution in [1.82, 2.24) is 0 Å². The lowest BCUT2D eigenvalue weighted by Crippen LogP contribution is -2.32. The Hall–Kier alpha value is -0.0800. The molecule has 0 aromatic rings. The fraction of sp³-hybridized carbons (Fsp3) is 1.00. The van der Waals surface area contributed by atoms with Crippen LogP contribution in [0.15, 0.2) is 0 Å². The van der Waals surface area contributed by atoms with E-state index in [2.05, 4.69) is 27.7 Å². The zero-order valence-corrected chi connectivity index (χ0v) is 8.22. The molecule has 4 N–H and O–H groups in total. The van der Waals surface area contributed by atoms with Gasteiger partial charge in [0.05, 0.1) is 0 Å². The zero-order chi connectivity index (χ0) is 9.07. The van der Waals surface area contributed by atoms with Crippen LogP contribution < -0.4 is 11.5 Å². The van der Waals surface area contributed by atoms with Gasteiger partial charge in [0.15, 0.2) is 0 Å². The van der Waals surface area contributed by atoms with Gasteiger partial charge in [0, 0.05) is 6.04 Å². The van der Waals surface area contributed by atoms with Crippen LogP contribution in [0, 0.1) is 11.3 Å². The second-order valence-electron chi connectivity index (χ2n) is 4.41. The molecule has 2 atom stereocenters. The first kappa shape index (κ1) is 10.9. The molecule has 0 radical (unpaired) electrons. The molecule has 0 saturated heterocycles. The van der Waals surface area contributed by atoms with Crippen molar-refractivity contribution in [2.24, 2.45) is 22.8 Å². The summed E-state index contributed by atoms with van der Waals surface area (Å²) in [6.07, 6.45) is 1.11. The average Bonchev–Trinajstić information content (AvgIpc) is 1.87. The van der Waals surface area contributed by atoms with Crippen molar-refractivity contribution in [3.05, 3.63) is 0 Å². The summed E-state index contributed by atoms with van der Waals surface area (Å²) in [5.74, 6) is 0.563. The third-order valence-corrected chi connectivity index (χ3v) is 2.32. The van der Waals surface area contributed by atoms with Gasteiger partial charge in [-0.3, -0.25) is 0 Å². The van der Waals surface area contributed by atoms with Gasteiger partial charge in [-0.1, -0.05) is 20.8 Å². The fourth-order valence-corrected chi connectivity index (χ4v) is 1.14. The van der Waals surface area contributed by atoms with Crippen LogP contribution in [-0.2, 0) is 0 Å². The molecule has 0 spiro atoms. The lowest BCUT2D eigenvalue weighted by atomic mass is 9.81. The van der Waals surface area contributed by atoms with Crippen molar-refractivity contribution in [1.29, 1.82) is 0 Å². The van der Waals surface area contributed by atoms with Crippen LogP contribution in [0.5, 0.6) is 0 Å². The van der Waals surface area contributed by atoms with E-state index in [0.717, 1.165) is 13.0 Å². The minimum absolute atomic E-state index is 0.243. The van der Waals surface area contributed by atoms with E-state index in [9.17, 15) is 0 Å². The van der Waals surface area contributed by atoms with Gasteiger partial charge in [0.1, 0.15) is 0 Å². The summed E-state index contributed by atoms with van der Waals surface area (Å²) in [6.45, 7) is 9.35. The van der Waals surface area contributed by atoms with Crippen molar-refractivity contribution in [3.8, 4) is 0 Å². The first-order valence-corrected chi connectivity index (χ1v) is 4.34. The smallest absolute Gasteiger partial charge is 0.00363 e. The van der Waals surface area contributed by atoms with E-state index in [-0.39, 0.29) is 11.5 Å². The summed E-state index contributed by atoms with van der Waals surface area (Å²) in [5.41, 5.74) is 11.6. The van der Waals surface area contributed by atoms with E-state index in [1.807, 2.05) is 0 Å². The van der Waals surface area contributed by atoms with Crippen LogP contribution in [0.3, 0.4) is 0 Å². The molecule has 0 heterocycles. The van der Waals surface area contributed by atoms with Gasteiger partial charge in [-0.2, -0.15) is 0 Å².